The van der Waals surface area contributed by atoms with Crippen LogP contribution in [0, 0.1) is 5.82 Å². The number of para-hydroxylation sites is 1. The molecular formula is C16H11Cl2FN2. The molecule has 0 saturated carbocycles. The van der Waals surface area contributed by atoms with Crippen molar-refractivity contribution in [2.24, 2.45) is 7.05 Å². The topological polar surface area (TPSA) is 19.7 Å². The number of nitrogens with zero attached hydrogens (tertiary/aromatic N) is 1. The molecule has 21 heavy (non-hydrogen) atoms. The smallest absolute Gasteiger partial charge is 0.240 e. The molecule has 5 heteroatoms. The van der Waals surface area contributed by atoms with Crippen molar-refractivity contribution in [2.45, 2.75) is 0 Å². The van der Waals surface area contributed by atoms with Gasteiger partial charge in [-0.3, -0.25) is 0 Å². The van der Waals surface area contributed by atoms with Crippen LogP contribution in [-0.4, -0.2) is 4.98 Å². The minimum Gasteiger partial charge on any atom is -1.00 e. The normalized spacial score (nSPS) is 11.2. The minimum atomic E-state index is -0.283. The summed E-state index contributed by atoms with van der Waals surface area (Å²) in [5.41, 5.74) is 3.81. The monoisotopic (exact) mass is 320 g/mol. The van der Waals surface area contributed by atoms with E-state index in [1.807, 2.05) is 25.2 Å². The number of fused-ring (bicyclic) bond motifs is 4. The molecule has 1 N–H and O–H groups in total. The molecule has 0 aliphatic carbocycles. The predicted octanol–water partition coefficient (Wildman–Crippen LogP) is 1.10. The maximum Gasteiger partial charge on any atom is 0.240 e. The Hall–Kier alpha value is -1.84. The van der Waals surface area contributed by atoms with E-state index in [2.05, 4.69) is 15.6 Å². The molecule has 0 aliphatic heterocycles. The molecular weight excluding hydrogens is 310 g/mol. The predicted molar refractivity (Wildman–Crippen MR) is 79.5 cm³/mol. The van der Waals surface area contributed by atoms with Gasteiger partial charge in [0.25, 0.3) is 0 Å². The van der Waals surface area contributed by atoms with Gasteiger partial charge < -0.3 is 17.4 Å². The highest BCUT2D eigenvalue weighted by molar-refractivity contribution is 6.40. The summed E-state index contributed by atoms with van der Waals surface area (Å²) < 4.78 is 15.5. The molecule has 0 spiro atoms. The quantitative estimate of drug-likeness (QED) is 0.468. The first-order valence-corrected chi connectivity index (χ1v) is 6.72. The highest BCUT2D eigenvalue weighted by Crippen LogP contribution is 2.32. The summed E-state index contributed by atoms with van der Waals surface area (Å²) in [7, 11) is 1.97. The van der Waals surface area contributed by atoms with Crippen molar-refractivity contribution in [3.8, 4) is 0 Å². The fourth-order valence-corrected chi connectivity index (χ4v) is 3.15. The summed E-state index contributed by atoms with van der Waals surface area (Å²) in [6.45, 7) is 0. The summed E-state index contributed by atoms with van der Waals surface area (Å²) in [4.78, 5) is 3.32. The van der Waals surface area contributed by atoms with E-state index in [4.69, 9.17) is 11.6 Å². The van der Waals surface area contributed by atoms with E-state index >= 15 is 0 Å². The lowest BCUT2D eigenvalue weighted by Crippen LogP contribution is -3.00. The third-order valence-corrected chi connectivity index (χ3v) is 4.18. The zero-order chi connectivity index (χ0) is 13.9. The molecule has 106 valence electrons. The first kappa shape index (κ1) is 14.1. The van der Waals surface area contributed by atoms with E-state index in [9.17, 15) is 4.39 Å². The van der Waals surface area contributed by atoms with Crippen molar-refractivity contribution in [1.29, 1.82) is 0 Å². The number of aromatic nitrogens is 2. The zero-order valence-corrected chi connectivity index (χ0v) is 12.6. The maximum absolute atomic E-state index is 13.5. The van der Waals surface area contributed by atoms with Gasteiger partial charge in [-0.1, -0.05) is 23.7 Å². The Morgan fingerprint density at radius 1 is 1.10 bits per heavy atom. The number of rotatable bonds is 0. The van der Waals surface area contributed by atoms with E-state index in [1.54, 1.807) is 6.07 Å². The van der Waals surface area contributed by atoms with Crippen molar-refractivity contribution in [3.05, 3.63) is 53.3 Å². The Bertz CT molecular complexity index is 992. The fraction of sp³-hybridized carbons (Fsp3) is 0.0625. The third kappa shape index (κ3) is 1.88. The second-order valence-electron chi connectivity index (χ2n) is 4.93. The Labute approximate surface area is 131 Å². The lowest BCUT2D eigenvalue weighted by molar-refractivity contribution is -0.616. The number of H-pyrrole nitrogens is 1. The van der Waals surface area contributed by atoms with Crippen LogP contribution in [0.3, 0.4) is 0 Å². The van der Waals surface area contributed by atoms with Crippen LogP contribution >= 0.6 is 11.6 Å². The number of hydrogen-bond donors (Lipinski definition) is 1. The molecule has 0 aliphatic rings. The van der Waals surface area contributed by atoms with Crippen LogP contribution in [0.5, 0.6) is 0 Å². The molecule has 2 nitrogen and oxygen atoms in total. The Balaban J connectivity index is 0.00000132. The molecule has 0 bridgehead atoms. The molecule has 0 atom stereocenters. The van der Waals surface area contributed by atoms with Gasteiger partial charge in [-0.2, -0.15) is 4.57 Å². The second kappa shape index (κ2) is 4.86. The maximum atomic E-state index is 13.5. The zero-order valence-electron chi connectivity index (χ0n) is 11.1. The van der Waals surface area contributed by atoms with E-state index in [1.165, 1.54) is 12.1 Å². The molecule has 0 fully saturated rings. The number of nitrogens with one attached hydrogen (secondary N) is 1. The molecule has 2 heterocycles. The SMILES string of the molecule is C[n+]1c2ccc(F)cc2c(Cl)c2[nH]c3ccccc3c21.[Cl-]. The summed E-state index contributed by atoms with van der Waals surface area (Å²) in [5, 5.41) is 2.38. The van der Waals surface area contributed by atoms with Gasteiger partial charge in [0.1, 0.15) is 18.4 Å². The molecule has 0 radical (unpaired) electrons. The van der Waals surface area contributed by atoms with Gasteiger partial charge in [-0.25, -0.2) is 4.39 Å². The Kier molecular flexibility index (Phi) is 3.27. The average Bonchev–Trinajstić information content (AvgIpc) is 2.84. The summed E-state index contributed by atoms with van der Waals surface area (Å²) in [6, 6.07) is 12.7. The van der Waals surface area contributed by atoms with Crippen LogP contribution in [0.25, 0.3) is 32.8 Å². The van der Waals surface area contributed by atoms with E-state index in [-0.39, 0.29) is 18.2 Å². The van der Waals surface area contributed by atoms with Crippen LogP contribution in [0.2, 0.25) is 5.02 Å². The number of aromatic amines is 1. The second-order valence-corrected chi connectivity index (χ2v) is 5.31. The lowest BCUT2D eigenvalue weighted by Gasteiger charge is -2.02. The molecule has 2 aromatic carbocycles. The molecule has 0 amide bonds. The first-order valence-electron chi connectivity index (χ1n) is 6.34. The minimum absolute atomic E-state index is 0. The highest BCUT2D eigenvalue weighted by Gasteiger charge is 2.21. The third-order valence-electron chi connectivity index (χ3n) is 3.79. The number of pyridine rings is 1. The largest absolute Gasteiger partial charge is 1.00 e. The first-order chi connectivity index (χ1) is 9.66. The molecule has 0 saturated heterocycles. The van der Waals surface area contributed by atoms with Gasteiger partial charge in [0.05, 0.1) is 21.3 Å². The van der Waals surface area contributed by atoms with Crippen LogP contribution in [0.4, 0.5) is 4.39 Å². The van der Waals surface area contributed by atoms with Gasteiger partial charge in [-0.05, 0) is 24.3 Å². The number of halogens is 3. The molecule has 0 unspecified atom stereocenters. The molecule has 2 aromatic heterocycles. The van der Waals surface area contributed by atoms with E-state index < -0.39 is 0 Å². The summed E-state index contributed by atoms with van der Waals surface area (Å²) >= 11 is 6.48. The van der Waals surface area contributed by atoms with Gasteiger partial charge in [-0.15, -0.1) is 0 Å². The standard InChI is InChI=1S/C16H10ClFN2.ClH/c1-20-13-7-6-9(18)8-11(13)14(17)15-16(20)10-4-2-3-5-12(10)19-15;/h2-8H,1H3;1H. The van der Waals surface area contributed by atoms with Gasteiger partial charge in [0.15, 0.2) is 0 Å². The number of benzene rings is 2. The number of aryl methyl sites for hydroxylation is 1. The summed E-state index contributed by atoms with van der Waals surface area (Å²) in [6.07, 6.45) is 0. The molecule has 4 aromatic rings. The van der Waals surface area contributed by atoms with E-state index in [0.717, 1.165) is 27.5 Å². The fourth-order valence-electron chi connectivity index (χ4n) is 2.87. The van der Waals surface area contributed by atoms with Gasteiger partial charge in [0.2, 0.25) is 11.0 Å². The van der Waals surface area contributed by atoms with Crippen molar-refractivity contribution in [3.63, 3.8) is 0 Å². The van der Waals surface area contributed by atoms with Crippen molar-refractivity contribution >= 4 is 44.4 Å². The van der Waals surface area contributed by atoms with E-state index in [0.29, 0.717) is 10.4 Å². The lowest BCUT2D eigenvalue weighted by atomic mass is 10.1. The number of hydrogen-bond acceptors (Lipinski definition) is 0. The highest BCUT2D eigenvalue weighted by atomic mass is 35.5. The molecule has 4 rings (SSSR count). The average molecular weight is 321 g/mol. The van der Waals surface area contributed by atoms with Gasteiger partial charge in [0, 0.05) is 6.07 Å². The van der Waals surface area contributed by atoms with Crippen molar-refractivity contribution in [2.75, 3.05) is 0 Å². The van der Waals surface area contributed by atoms with Crippen molar-refractivity contribution in [1.82, 2.24) is 4.98 Å². The van der Waals surface area contributed by atoms with Crippen LogP contribution in [0.1, 0.15) is 0 Å². The van der Waals surface area contributed by atoms with Crippen LogP contribution < -0.4 is 17.0 Å². The Morgan fingerprint density at radius 2 is 1.86 bits per heavy atom. The van der Waals surface area contributed by atoms with Crippen LogP contribution in [0.15, 0.2) is 42.5 Å². The van der Waals surface area contributed by atoms with Crippen LogP contribution in [-0.2, 0) is 7.05 Å². The Morgan fingerprint density at radius 3 is 2.67 bits per heavy atom. The van der Waals surface area contributed by atoms with Gasteiger partial charge >= 0.3 is 0 Å². The van der Waals surface area contributed by atoms with Crippen molar-refractivity contribution < 1.29 is 21.4 Å². The summed E-state index contributed by atoms with van der Waals surface area (Å²) in [5.74, 6) is -0.283.